The quantitative estimate of drug-likeness (QED) is 0.346. The van der Waals surface area contributed by atoms with Crippen LogP contribution in [-0.4, -0.2) is 47.8 Å². The maximum absolute atomic E-state index is 12.7. The fourth-order valence-electron chi connectivity index (χ4n) is 3.43. The van der Waals surface area contributed by atoms with E-state index in [1.165, 1.54) is 0 Å². The minimum absolute atomic E-state index is 0.0905. The molecule has 32 heavy (non-hydrogen) atoms. The van der Waals surface area contributed by atoms with Gasteiger partial charge in [0.2, 0.25) is 5.78 Å². The van der Waals surface area contributed by atoms with Crippen LogP contribution in [0.1, 0.15) is 46.7 Å². The van der Waals surface area contributed by atoms with Crippen molar-refractivity contribution in [3.05, 3.63) is 89.7 Å². The minimum atomic E-state index is -0.132. The van der Waals surface area contributed by atoms with E-state index in [4.69, 9.17) is 0 Å². The molecule has 3 aromatic rings. The Balaban J connectivity index is 1.61. The molecule has 0 unspecified atom stereocenters. The number of nitrogens with zero attached hydrogens (tertiary/aromatic N) is 2. The minimum Gasteiger partial charge on any atom is -0.355 e. The number of anilines is 2. The summed E-state index contributed by atoms with van der Waals surface area (Å²) in [6, 6.07) is 19.9. The molecule has 1 aromatic heterocycles. The lowest BCUT2D eigenvalue weighted by molar-refractivity contribution is 0.0951. The van der Waals surface area contributed by atoms with Crippen LogP contribution in [0.25, 0.3) is 0 Å². The van der Waals surface area contributed by atoms with Crippen molar-refractivity contribution in [1.82, 2.24) is 15.2 Å². The fraction of sp³-hybridized carbons (Fsp3) is 0.269. The number of rotatable bonds is 11. The van der Waals surface area contributed by atoms with E-state index in [0.29, 0.717) is 23.4 Å². The highest BCUT2D eigenvalue weighted by Crippen LogP contribution is 2.20. The molecule has 166 valence electrons. The number of pyridine rings is 1. The summed E-state index contributed by atoms with van der Waals surface area (Å²) in [7, 11) is 0. The van der Waals surface area contributed by atoms with Crippen LogP contribution in [0.2, 0.25) is 0 Å². The van der Waals surface area contributed by atoms with E-state index in [1.807, 2.05) is 30.3 Å². The Labute approximate surface area is 189 Å². The van der Waals surface area contributed by atoms with Crippen molar-refractivity contribution >= 4 is 23.1 Å². The third-order valence-corrected chi connectivity index (χ3v) is 5.27. The maximum atomic E-state index is 12.7. The number of benzene rings is 2. The topological polar surface area (TPSA) is 74.3 Å². The molecule has 1 amide bonds. The molecule has 0 fully saturated rings. The number of hydrogen-bond donors (Lipinski definition) is 2. The lowest BCUT2D eigenvalue weighted by atomic mass is 10.1. The number of nitrogens with one attached hydrogen (secondary N) is 2. The summed E-state index contributed by atoms with van der Waals surface area (Å²) in [4.78, 5) is 31.7. The fourth-order valence-corrected chi connectivity index (χ4v) is 3.43. The SMILES string of the molecule is CCN(CC)CCCNC(=O)c1cccc(Nc2cccc(C(=O)c3ccccn3)c2)c1. The first-order valence-corrected chi connectivity index (χ1v) is 11.0. The molecule has 1 heterocycles. The van der Waals surface area contributed by atoms with Crippen LogP contribution < -0.4 is 10.6 Å². The number of carbonyl (C=O) groups is 2. The molecule has 0 aliphatic heterocycles. The average Bonchev–Trinajstić information content (AvgIpc) is 2.84. The highest BCUT2D eigenvalue weighted by molar-refractivity contribution is 6.08. The lowest BCUT2D eigenvalue weighted by Gasteiger charge is -2.17. The smallest absolute Gasteiger partial charge is 0.251 e. The highest BCUT2D eigenvalue weighted by atomic mass is 16.1. The average molecular weight is 431 g/mol. The molecule has 0 aliphatic carbocycles. The summed E-state index contributed by atoms with van der Waals surface area (Å²) in [6.07, 6.45) is 2.53. The van der Waals surface area contributed by atoms with Crippen LogP contribution in [0.5, 0.6) is 0 Å². The van der Waals surface area contributed by atoms with Gasteiger partial charge in [-0.1, -0.05) is 38.1 Å². The molecule has 6 nitrogen and oxygen atoms in total. The van der Waals surface area contributed by atoms with Crippen molar-refractivity contribution in [2.45, 2.75) is 20.3 Å². The Bertz CT molecular complexity index is 1030. The standard InChI is InChI=1S/C26H30N4O2/c1-3-30(4-2)17-9-16-28-26(32)21-11-8-13-23(19-21)29-22-12-7-10-20(18-22)25(31)24-14-5-6-15-27-24/h5-8,10-15,18-19,29H,3-4,9,16-17H2,1-2H3,(H,28,32). The Hall–Kier alpha value is -3.51. The van der Waals surface area contributed by atoms with Gasteiger partial charge in [0.15, 0.2) is 0 Å². The Kier molecular flexibility index (Phi) is 8.52. The van der Waals surface area contributed by atoms with E-state index in [2.05, 4.69) is 34.4 Å². The normalized spacial score (nSPS) is 10.7. The van der Waals surface area contributed by atoms with Crippen LogP contribution in [0.3, 0.4) is 0 Å². The number of amides is 1. The summed E-state index contributed by atoms with van der Waals surface area (Å²) >= 11 is 0. The highest BCUT2D eigenvalue weighted by Gasteiger charge is 2.11. The van der Waals surface area contributed by atoms with Crippen molar-refractivity contribution in [3.8, 4) is 0 Å². The first-order valence-electron chi connectivity index (χ1n) is 11.0. The van der Waals surface area contributed by atoms with Crippen molar-refractivity contribution < 1.29 is 9.59 Å². The van der Waals surface area contributed by atoms with Crippen molar-refractivity contribution in [1.29, 1.82) is 0 Å². The molecule has 0 saturated carbocycles. The summed E-state index contributed by atoms with van der Waals surface area (Å²) < 4.78 is 0. The zero-order valence-electron chi connectivity index (χ0n) is 18.7. The van der Waals surface area contributed by atoms with E-state index >= 15 is 0 Å². The predicted molar refractivity (Wildman–Crippen MR) is 129 cm³/mol. The van der Waals surface area contributed by atoms with Crippen LogP contribution >= 0.6 is 0 Å². The molecule has 2 N–H and O–H groups in total. The zero-order valence-corrected chi connectivity index (χ0v) is 18.7. The van der Waals surface area contributed by atoms with Gasteiger partial charge >= 0.3 is 0 Å². The maximum Gasteiger partial charge on any atom is 0.251 e. The van der Waals surface area contributed by atoms with Gasteiger partial charge in [-0.3, -0.25) is 14.6 Å². The van der Waals surface area contributed by atoms with Gasteiger partial charge in [-0.05, 0) is 68.5 Å². The molecule has 0 saturated heterocycles. The third-order valence-electron chi connectivity index (χ3n) is 5.27. The predicted octanol–water partition coefficient (Wildman–Crippen LogP) is 4.52. The second-order valence-electron chi connectivity index (χ2n) is 7.47. The molecule has 6 heteroatoms. The van der Waals surface area contributed by atoms with Crippen molar-refractivity contribution in [3.63, 3.8) is 0 Å². The number of ketones is 1. The van der Waals surface area contributed by atoms with Gasteiger partial charge in [0.25, 0.3) is 5.91 Å². The van der Waals surface area contributed by atoms with Gasteiger partial charge in [-0.25, -0.2) is 0 Å². The second-order valence-corrected chi connectivity index (χ2v) is 7.47. The zero-order chi connectivity index (χ0) is 22.8. The van der Waals surface area contributed by atoms with E-state index in [0.717, 1.165) is 37.4 Å². The molecule has 3 rings (SSSR count). The number of aromatic nitrogens is 1. The van der Waals surface area contributed by atoms with Gasteiger partial charge in [0.1, 0.15) is 5.69 Å². The van der Waals surface area contributed by atoms with Gasteiger partial charge in [-0.2, -0.15) is 0 Å². The van der Waals surface area contributed by atoms with Gasteiger partial charge < -0.3 is 15.5 Å². The summed E-state index contributed by atoms with van der Waals surface area (Å²) in [5, 5.41) is 6.27. The van der Waals surface area contributed by atoms with Crippen molar-refractivity contribution in [2.24, 2.45) is 0 Å². The second kappa shape index (κ2) is 11.8. The van der Waals surface area contributed by atoms with E-state index in [-0.39, 0.29) is 11.7 Å². The van der Waals surface area contributed by atoms with Crippen LogP contribution in [0, 0.1) is 0 Å². The Morgan fingerprint density at radius 1 is 0.875 bits per heavy atom. The Morgan fingerprint density at radius 2 is 1.56 bits per heavy atom. The molecule has 0 aliphatic rings. The number of carbonyl (C=O) groups excluding carboxylic acids is 2. The largest absolute Gasteiger partial charge is 0.355 e. The molecule has 0 bridgehead atoms. The van der Waals surface area contributed by atoms with Crippen LogP contribution in [0.4, 0.5) is 11.4 Å². The molecule has 0 atom stereocenters. The Morgan fingerprint density at radius 3 is 2.22 bits per heavy atom. The van der Waals surface area contributed by atoms with Gasteiger partial charge in [0.05, 0.1) is 0 Å². The van der Waals surface area contributed by atoms with E-state index < -0.39 is 0 Å². The monoisotopic (exact) mass is 430 g/mol. The third kappa shape index (κ3) is 6.49. The summed E-state index contributed by atoms with van der Waals surface area (Å²) in [5.41, 5.74) is 3.10. The molecular weight excluding hydrogens is 400 g/mol. The van der Waals surface area contributed by atoms with Gasteiger partial charge in [0, 0.05) is 35.2 Å². The molecular formula is C26H30N4O2. The first-order chi connectivity index (χ1) is 15.6. The lowest BCUT2D eigenvalue weighted by Crippen LogP contribution is -2.29. The summed E-state index contributed by atoms with van der Waals surface area (Å²) in [6.45, 7) is 7.95. The number of hydrogen-bond acceptors (Lipinski definition) is 5. The van der Waals surface area contributed by atoms with E-state index in [9.17, 15) is 9.59 Å². The van der Waals surface area contributed by atoms with Crippen LogP contribution in [-0.2, 0) is 0 Å². The molecule has 0 spiro atoms. The summed E-state index contributed by atoms with van der Waals surface area (Å²) in [5.74, 6) is -0.223. The first kappa shape index (κ1) is 23.2. The van der Waals surface area contributed by atoms with Gasteiger partial charge in [-0.15, -0.1) is 0 Å². The van der Waals surface area contributed by atoms with Crippen LogP contribution in [0.15, 0.2) is 72.9 Å². The van der Waals surface area contributed by atoms with E-state index in [1.54, 1.807) is 42.6 Å². The molecule has 0 radical (unpaired) electrons. The molecule has 2 aromatic carbocycles. The van der Waals surface area contributed by atoms with Crippen molar-refractivity contribution in [2.75, 3.05) is 31.5 Å².